The first-order valence-electron chi connectivity index (χ1n) is 9.45. The van der Waals surface area contributed by atoms with Crippen molar-refractivity contribution in [3.8, 4) is 0 Å². The second-order valence-electron chi connectivity index (χ2n) is 6.87. The molecular weight excluding hydrogens is 424 g/mol. The van der Waals surface area contributed by atoms with Crippen LogP contribution in [0.15, 0.2) is 70.2 Å². The average Bonchev–Trinajstić information content (AvgIpc) is 3.25. The number of carbonyl (C=O) groups is 1. The number of anilines is 1. The first kappa shape index (κ1) is 21.9. The van der Waals surface area contributed by atoms with E-state index >= 15 is 0 Å². The third-order valence-electron chi connectivity index (χ3n) is 4.75. The van der Waals surface area contributed by atoms with E-state index in [4.69, 9.17) is 16.0 Å². The van der Waals surface area contributed by atoms with Crippen LogP contribution in [-0.2, 0) is 16.4 Å². The number of amides is 1. The lowest BCUT2D eigenvalue weighted by molar-refractivity contribution is 0.0953. The number of aryl methyl sites for hydroxylation is 2. The van der Waals surface area contributed by atoms with Gasteiger partial charge in [0, 0.05) is 30.6 Å². The van der Waals surface area contributed by atoms with Crippen LogP contribution >= 0.6 is 11.6 Å². The van der Waals surface area contributed by atoms with Crippen LogP contribution in [0.5, 0.6) is 0 Å². The molecule has 3 rings (SSSR count). The Morgan fingerprint density at radius 2 is 1.87 bits per heavy atom. The second kappa shape index (κ2) is 9.36. The monoisotopic (exact) mass is 446 g/mol. The Morgan fingerprint density at radius 3 is 2.53 bits per heavy atom. The van der Waals surface area contributed by atoms with Crippen LogP contribution in [0.2, 0.25) is 5.02 Å². The molecule has 0 aliphatic heterocycles. The zero-order chi connectivity index (χ0) is 21.7. The zero-order valence-corrected chi connectivity index (χ0v) is 18.3. The molecule has 0 unspecified atom stereocenters. The van der Waals surface area contributed by atoms with Gasteiger partial charge in [0.15, 0.2) is 0 Å². The molecule has 0 saturated carbocycles. The molecule has 8 heteroatoms. The SMILES string of the molecule is Cc1ccc(C(=O)NCCCc2ccco2)cc1N(C)S(=O)(=O)c1ccc(Cl)cc1. The normalized spacial score (nSPS) is 11.3. The van der Waals surface area contributed by atoms with Crippen molar-refractivity contribution in [3.63, 3.8) is 0 Å². The van der Waals surface area contributed by atoms with Crippen molar-refractivity contribution in [1.82, 2.24) is 5.32 Å². The fraction of sp³-hybridized carbons (Fsp3) is 0.227. The summed E-state index contributed by atoms with van der Waals surface area (Å²) in [7, 11) is -2.32. The minimum atomic E-state index is -3.79. The van der Waals surface area contributed by atoms with Gasteiger partial charge in [-0.1, -0.05) is 17.7 Å². The van der Waals surface area contributed by atoms with Gasteiger partial charge in [0.2, 0.25) is 0 Å². The number of nitrogens with zero attached hydrogens (tertiary/aromatic N) is 1. The highest BCUT2D eigenvalue weighted by molar-refractivity contribution is 7.92. The van der Waals surface area contributed by atoms with Gasteiger partial charge in [0.05, 0.1) is 16.8 Å². The van der Waals surface area contributed by atoms with E-state index < -0.39 is 10.0 Å². The lowest BCUT2D eigenvalue weighted by Crippen LogP contribution is -2.28. The highest BCUT2D eigenvalue weighted by atomic mass is 35.5. The maximum absolute atomic E-state index is 13.0. The molecule has 3 aromatic rings. The van der Waals surface area contributed by atoms with E-state index in [1.54, 1.807) is 31.4 Å². The minimum absolute atomic E-state index is 0.126. The summed E-state index contributed by atoms with van der Waals surface area (Å²) < 4.78 is 32.4. The number of sulfonamides is 1. The van der Waals surface area contributed by atoms with Crippen LogP contribution in [0.3, 0.4) is 0 Å². The maximum Gasteiger partial charge on any atom is 0.264 e. The van der Waals surface area contributed by atoms with Crippen LogP contribution in [0, 0.1) is 6.92 Å². The number of carbonyl (C=O) groups excluding carboxylic acids is 1. The fourth-order valence-electron chi connectivity index (χ4n) is 3.01. The van der Waals surface area contributed by atoms with Gasteiger partial charge >= 0.3 is 0 Å². The summed E-state index contributed by atoms with van der Waals surface area (Å²) in [6.07, 6.45) is 3.09. The number of hydrogen-bond acceptors (Lipinski definition) is 4. The van der Waals surface area contributed by atoms with Crippen LogP contribution in [-0.4, -0.2) is 27.9 Å². The van der Waals surface area contributed by atoms with Gasteiger partial charge in [-0.05, 0) is 67.4 Å². The van der Waals surface area contributed by atoms with Crippen LogP contribution in [0.25, 0.3) is 0 Å². The molecule has 30 heavy (non-hydrogen) atoms. The van der Waals surface area contributed by atoms with Gasteiger partial charge in [-0.3, -0.25) is 9.10 Å². The summed E-state index contributed by atoms with van der Waals surface area (Å²) in [5.74, 6) is 0.615. The molecule has 0 saturated heterocycles. The summed E-state index contributed by atoms with van der Waals surface area (Å²) in [5.41, 5.74) is 1.57. The lowest BCUT2D eigenvalue weighted by Gasteiger charge is -2.22. The zero-order valence-electron chi connectivity index (χ0n) is 16.8. The highest BCUT2D eigenvalue weighted by Crippen LogP contribution is 2.27. The number of furan rings is 1. The molecule has 1 heterocycles. The van der Waals surface area contributed by atoms with Crippen molar-refractivity contribution in [3.05, 3.63) is 82.8 Å². The number of hydrogen-bond donors (Lipinski definition) is 1. The van der Waals surface area contributed by atoms with Gasteiger partial charge in [0.1, 0.15) is 5.76 Å². The molecular formula is C22H23ClN2O4S. The van der Waals surface area contributed by atoms with Crippen LogP contribution < -0.4 is 9.62 Å². The topological polar surface area (TPSA) is 79.6 Å². The summed E-state index contributed by atoms with van der Waals surface area (Å²) in [4.78, 5) is 12.7. The van der Waals surface area contributed by atoms with Crippen molar-refractivity contribution in [2.75, 3.05) is 17.9 Å². The Labute approximate surface area is 181 Å². The van der Waals surface area contributed by atoms with E-state index in [1.807, 2.05) is 12.1 Å². The molecule has 0 spiro atoms. The summed E-state index contributed by atoms with van der Waals surface area (Å²) >= 11 is 5.86. The van der Waals surface area contributed by atoms with E-state index in [-0.39, 0.29) is 10.8 Å². The average molecular weight is 447 g/mol. The predicted octanol–water partition coefficient (Wildman–Crippen LogP) is 4.43. The maximum atomic E-state index is 13.0. The first-order valence-corrected chi connectivity index (χ1v) is 11.3. The van der Waals surface area contributed by atoms with E-state index in [9.17, 15) is 13.2 Å². The molecule has 0 fully saturated rings. The van der Waals surface area contributed by atoms with Crippen molar-refractivity contribution in [2.24, 2.45) is 0 Å². The Bertz CT molecular complexity index is 1110. The number of halogens is 1. The van der Waals surface area contributed by atoms with Crippen molar-refractivity contribution >= 4 is 33.2 Å². The van der Waals surface area contributed by atoms with E-state index in [1.165, 1.54) is 35.6 Å². The van der Waals surface area contributed by atoms with Crippen LogP contribution in [0.4, 0.5) is 5.69 Å². The Kier molecular flexibility index (Phi) is 6.84. The third-order valence-corrected chi connectivity index (χ3v) is 6.79. The minimum Gasteiger partial charge on any atom is -0.469 e. The Hall–Kier alpha value is -2.77. The van der Waals surface area contributed by atoms with E-state index in [0.29, 0.717) is 22.8 Å². The highest BCUT2D eigenvalue weighted by Gasteiger charge is 2.23. The molecule has 1 aromatic heterocycles. The van der Waals surface area contributed by atoms with Gasteiger partial charge < -0.3 is 9.73 Å². The van der Waals surface area contributed by atoms with Crippen molar-refractivity contribution < 1.29 is 17.6 Å². The molecule has 6 nitrogen and oxygen atoms in total. The molecule has 2 aromatic carbocycles. The summed E-state index contributed by atoms with van der Waals surface area (Å²) in [5, 5.41) is 3.32. The van der Waals surface area contributed by atoms with Gasteiger partial charge in [-0.15, -0.1) is 0 Å². The van der Waals surface area contributed by atoms with Crippen molar-refractivity contribution in [1.29, 1.82) is 0 Å². The van der Waals surface area contributed by atoms with Crippen molar-refractivity contribution in [2.45, 2.75) is 24.7 Å². The number of nitrogens with one attached hydrogen (secondary N) is 1. The summed E-state index contributed by atoms with van der Waals surface area (Å²) in [6, 6.07) is 14.7. The molecule has 0 bridgehead atoms. The number of benzene rings is 2. The molecule has 1 amide bonds. The molecule has 0 radical (unpaired) electrons. The lowest BCUT2D eigenvalue weighted by atomic mass is 10.1. The molecule has 0 aliphatic rings. The first-order chi connectivity index (χ1) is 14.3. The molecule has 0 aliphatic carbocycles. The standard InChI is InChI=1S/C22H23ClN2O4S/c1-16-7-8-17(22(26)24-13-3-5-19-6-4-14-29-19)15-21(16)25(2)30(27,28)20-11-9-18(23)10-12-20/h4,6-12,14-15H,3,5,13H2,1-2H3,(H,24,26). The smallest absolute Gasteiger partial charge is 0.264 e. The Balaban J connectivity index is 1.72. The molecule has 158 valence electrons. The van der Waals surface area contributed by atoms with E-state index in [0.717, 1.165) is 24.2 Å². The quantitative estimate of drug-likeness (QED) is 0.519. The van der Waals surface area contributed by atoms with Crippen LogP contribution in [0.1, 0.15) is 28.1 Å². The molecule has 0 atom stereocenters. The fourth-order valence-corrected chi connectivity index (χ4v) is 4.38. The predicted molar refractivity (Wildman–Crippen MR) is 118 cm³/mol. The van der Waals surface area contributed by atoms with E-state index in [2.05, 4.69) is 5.32 Å². The van der Waals surface area contributed by atoms with Gasteiger partial charge in [-0.2, -0.15) is 0 Å². The molecule has 1 N–H and O–H groups in total. The Morgan fingerprint density at radius 1 is 1.13 bits per heavy atom. The number of rotatable bonds is 8. The second-order valence-corrected chi connectivity index (χ2v) is 9.27. The van der Waals surface area contributed by atoms with Gasteiger partial charge in [0.25, 0.3) is 15.9 Å². The van der Waals surface area contributed by atoms with Gasteiger partial charge in [-0.25, -0.2) is 8.42 Å². The third kappa shape index (κ3) is 5.04. The largest absolute Gasteiger partial charge is 0.469 e. The summed E-state index contributed by atoms with van der Waals surface area (Å²) in [6.45, 7) is 2.29.